The van der Waals surface area contributed by atoms with E-state index in [4.69, 9.17) is 0 Å². The number of likely N-dealkylation sites (tertiary alicyclic amines) is 1. The van der Waals surface area contributed by atoms with E-state index in [-0.39, 0.29) is 13.0 Å². The van der Waals surface area contributed by atoms with Gasteiger partial charge in [0.25, 0.3) is 0 Å². The Morgan fingerprint density at radius 2 is 1.50 bits per heavy atom. The molecule has 1 saturated heterocycles. The third-order valence-electron chi connectivity index (χ3n) is 3.31. The van der Waals surface area contributed by atoms with Gasteiger partial charge in [0.05, 0.1) is 6.42 Å². The Morgan fingerprint density at radius 3 is 2.00 bits per heavy atom. The maximum Gasteiger partial charge on any atom is 0.460 e. The lowest BCUT2D eigenvalue weighted by Crippen LogP contribution is -2.54. The first-order valence-corrected chi connectivity index (χ1v) is 6.68. The summed E-state index contributed by atoms with van der Waals surface area (Å²) in [5, 5.41) is 0. The maximum absolute atomic E-state index is 12.9. The highest BCUT2D eigenvalue weighted by Crippen LogP contribution is 2.46. The lowest BCUT2D eigenvalue weighted by Gasteiger charge is -2.28. The summed E-state index contributed by atoms with van der Waals surface area (Å²) in [5.41, 5.74) is 0. The van der Waals surface area contributed by atoms with Crippen LogP contribution in [0.25, 0.3) is 0 Å². The van der Waals surface area contributed by atoms with Gasteiger partial charge < -0.3 is 9.64 Å². The number of esters is 1. The molecule has 1 rings (SSSR count). The van der Waals surface area contributed by atoms with Gasteiger partial charge in [-0.2, -0.15) is 30.7 Å². The van der Waals surface area contributed by atoms with Crippen LogP contribution < -0.4 is 0 Å². The molecule has 1 aliphatic rings. The molecule has 0 N–H and O–H groups in total. The Kier molecular flexibility index (Phi) is 6.05. The lowest BCUT2D eigenvalue weighted by molar-refractivity contribution is -0.359. The summed E-state index contributed by atoms with van der Waals surface area (Å²) >= 11 is 0. The van der Waals surface area contributed by atoms with Gasteiger partial charge in [0.1, 0.15) is 0 Å². The lowest BCUT2D eigenvalue weighted by atomic mass is 10.1. The van der Waals surface area contributed by atoms with Crippen LogP contribution in [-0.2, 0) is 9.53 Å². The zero-order chi connectivity index (χ0) is 17.0. The molecule has 1 fully saturated rings. The van der Waals surface area contributed by atoms with Crippen LogP contribution in [0.5, 0.6) is 0 Å². The second kappa shape index (κ2) is 7.01. The molecule has 130 valence electrons. The molecule has 1 heterocycles. The largest absolute Gasteiger partial charge is 0.460 e. The first-order chi connectivity index (χ1) is 9.97. The SMILES string of the molecule is O=C(CCN1CCCCC1)OCC(F)(F)C(F)(F)C(F)(F)F. The number of piperidine rings is 1. The van der Waals surface area contributed by atoms with Crippen molar-refractivity contribution >= 4 is 5.97 Å². The van der Waals surface area contributed by atoms with Crippen molar-refractivity contribution in [2.45, 2.75) is 43.7 Å². The standard InChI is InChI=1S/C12H16F7NO2/c13-10(14,11(15,16)12(17,18)19)8-22-9(21)4-7-20-5-2-1-3-6-20/h1-8H2. The first kappa shape index (κ1) is 19.0. The Bertz CT molecular complexity index is 378. The Morgan fingerprint density at radius 1 is 0.955 bits per heavy atom. The van der Waals surface area contributed by atoms with Crippen molar-refractivity contribution in [3.63, 3.8) is 0 Å². The summed E-state index contributed by atoms with van der Waals surface area (Å²) in [6.45, 7) is -0.677. The molecule has 0 amide bonds. The minimum absolute atomic E-state index is 0.195. The zero-order valence-corrected chi connectivity index (χ0v) is 11.6. The molecule has 22 heavy (non-hydrogen) atoms. The number of carbonyl (C=O) groups excluding carboxylic acids is 1. The van der Waals surface area contributed by atoms with Crippen molar-refractivity contribution in [3.8, 4) is 0 Å². The van der Waals surface area contributed by atoms with E-state index in [0.717, 1.165) is 32.4 Å². The smallest absolute Gasteiger partial charge is 0.459 e. The van der Waals surface area contributed by atoms with Gasteiger partial charge in [0, 0.05) is 6.54 Å². The first-order valence-electron chi connectivity index (χ1n) is 6.68. The minimum atomic E-state index is -6.42. The van der Waals surface area contributed by atoms with Crippen LogP contribution in [0.15, 0.2) is 0 Å². The second-order valence-corrected chi connectivity index (χ2v) is 5.09. The van der Waals surface area contributed by atoms with Crippen LogP contribution in [0.1, 0.15) is 25.7 Å². The van der Waals surface area contributed by atoms with Crippen LogP contribution in [0, 0.1) is 0 Å². The summed E-state index contributed by atoms with van der Waals surface area (Å²) < 4.78 is 90.4. The van der Waals surface area contributed by atoms with Gasteiger partial charge in [0.2, 0.25) is 0 Å². The number of carbonyl (C=O) groups is 1. The van der Waals surface area contributed by atoms with Crippen LogP contribution in [-0.4, -0.2) is 55.1 Å². The van der Waals surface area contributed by atoms with Crippen molar-refractivity contribution in [1.29, 1.82) is 0 Å². The number of hydrogen-bond donors (Lipinski definition) is 0. The number of hydrogen-bond acceptors (Lipinski definition) is 3. The average Bonchev–Trinajstić information content (AvgIpc) is 2.42. The highest BCUT2D eigenvalue weighted by atomic mass is 19.4. The number of nitrogens with zero attached hydrogens (tertiary/aromatic N) is 1. The Labute approximate surface area is 122 Å². The van der Waals surface area contributed by atoms with Gasteiger partial charge in [-0.05, 0) is 25.9 Å². The predicted octanol–water partition coefficient (Wildman–Crippen LogP) is 3.24. The molecule has 0 aliphatic carbocycles. The third-order valence-corrected chi connectivity index (χ3v) is 3.31. The number of alkyl halides is 7. The number of rotatable bonds is 6. The number of ether oxygens (including phenoxy) is 1. The Balaban J connectivity index is 2.41. The molecule has 0 aromatic rings. The van der Waals surface area contributed by atoms with Gasteiger partial charge in [-0.1, -0.05) is 6.42 Å². The Hall–Kier alpha value is -1.06. The van der Waals surface area contributed by atoms with E-state index >= 15 is 0 Å². The zero-order valence-electron chi connectivity index (χ0n) is 11.6. The molecule has 3 nitrogen and oxygen atoms in total. The van der Waals surface area contributed by atoms with Crippen molar-refractivity contribution in [1.82, 2.24) is 4.90 Å². The van der Waals surface area contributed by atoms with Crippen LogP contribution in [0.2, 0.25) is 0 Å². The normalized spacial score (nSPS) is 18.3. The summed E-state index contributed by atoms with van der Waals surface area (Å²) in [6.07, 6.45) is -3.88. The van der Waals surface area contributed by atoms with Crippen molar-refractivity contribution < 1.29 is 40.3 Å². The maximum atomic E-state index is 12.9. The quantitative estimate of drug-likeness (QED) is 0.550. The van der Waals surface area contributed by atoms with E-state index < -0.39 is 30.6 Å². The summed E-state index contributed by atoms with van der Waals surface area (Å²) in [5.74, 6) is -13.0. The van der Waals surface area contributed by atoms with E-state index in [2.05, 4.69) is 4.74 Å². The molecule has 0 saturated carbocycles. The molecule has 0 bridgehead atoms. The summed E-state index contributed by atoms with van der Waals surface area (Å²) in [4.78, 5) is 13.1. The fourth-order valence-corrected chi connectivity index (χ4v) is 1.97. The van der Waals surface area contributed by atoms with Gasteiger partial charge in [0.15, 0.2) is 6.61 Å². The fraction of sp³-hybridized carbons (Fsp3) is 0.917. The topological polar surface area (TPSA) is 29.5 Å². The third kappa shape index (κ3) is 4.72. The molecule has 0 unspecified atom stereocenters. The molecule has 0 radical (unpaired) electrons. The van der Waals surface area contributed by atoms with E-state index in [1.807, 2.05) is 4.90 Å². The predicted molar refractivity (Wildman–Crippen MR) is 61.8 cm³/mol. The molecule has 10 heteroatoms. The molecular weight excluding hydrogens is 323 g/mol. The van der Waals surface area contributed by atoms with Gasteiger partial charge >= 0.3 is 24.0 Å². The number of halogens is 7. The summed E-state index contributed by atoms with van der Waals surface area (Å²) in [6, 6.07) is 0. The van der Waals surface area contributed by atoms with Gasteiger partial charge in [-0.25, -0.2) is 0 Å². The summed E-state index contributed by atoms with van der Waals surface area (Å²) in [7, 11) is 0. The molecule has 1 aliphatic heterocycles. The molecule has 0 atom stereocenters. The average molecular weight is 339 g/mol. The van der Waals surface area contributed by atoms with E-state index in [0.29, 0.717) is 0 Å². The highest BCUT2D eigenvalue weighted by Gasteiger charge is 2.73. The van der Waals surface area contributed by atoms with E-state index in [9.17, 15) is 35.5 Å². The highest BCUT2D eigenvalue weighted by molar-refractivity contribution is 5.69. The second-order valence-electron chi connectivity index (χ2n) is 5.09. The van der Waals surface area contributed by atoms with Crippen LogP contribution in [0.4, 0.5) is 30.7 Å². The molecular formula is C12H16F7NO2. The minimum Gasteiger partial charge on any atom is -0.459 e. The monoisotopic (exact) mass is 339 g/mol. The van der Waals surface area contributed by atoms with Crippen LogP contribution in [0.3, 0.4) is 0 Å². The van der Waals surface area contributed by atoms with Crippen LogP contribution >= 0.6 is 0 Å². The van der Waals surface area contributed by atoms with Gasteiger partial charge in [-0.3, -0.25) is 4.79 Å². The van der Waals surface area contributed by atoms with Gasteiger partial charge in [-0.15, -0.1) is 0 Å². The van der Waals surface area contributed by atoms with Crippen molar-refractivity contribution in [3.05, 3.63) is 0 Å². The van der Waals surface area contributed by atoms with Crippen molar-refractivity contribution in [2.24, 2.45) is 0 Å². The van der Waals surface area contributed by atoms with E-state index in [1.165, 1.54) is 0 Å². The molecule has 0 spiro atoms. The molecule has 0 aromatic heterocycles. The van der Waals surface area contributed by atoms with E-state index in [1.54, 1.807) is 0 Å². The van der Waals surface area contributed by atoms with Crippen molar-refractivity contribution in [2.75, 3.05) is 26.2 Å². The molecule has 0 aromatic carbocycles. The fourth-order valence-electron chi connectivity index (χ4n) is 1.97.